The lowest BCUT2D eigenvalue weighted by atomic mass is 9.81. The Bertz CT molecular complexity index is 763. The number of carbonyl (C=O) groups is 1. The van der Waals surface area contributed by atoms with Gasteiger partial charge in [0, 0.05) is 38.6 Å². The predicted octanol–water partition coefficient (Wildman–Crippen LogP) is 2.37. The van der Waals surface area contributed by atoms with Crippen molar-refractivity contribution in [3.05, 3.63) is 65.7 Å². The Balaban J connectivity index is 1.34. The Labute approximate surface area is 153 Å². The number of carboxylic acid groups (broad SMARTS) is 1. The lowest BCUT2D eigenvalue weighted by Gasteiger charge is -2.22. The minimum absolute atomic E-state index is 0.202. The summed E-state index contributed by atoms with van der Waals surface area (Å²) in [5.74, 6) is 0.384. The number of nitrogens with one attached hydrogen (secondary N) is 1. The van der Waals surface area contributed by atoms with Crippen molar-refractivity contribution in [2.75, 3.05) is 26.2 Å². The number of hydrogen-bond donors (Lipinski definition) is 2. The van der Waals surface area contributed by atoms with E-state index in [0.717, 1.165) is 30.9 Å². The Morgan fingerprint density at radius 2 is 1.92 bits per heavy atom. The molecule has 2 aromatic rings. The number of carboxylic acids is 1. The van der Waals surface area contributed by atoms with Crippen molar-refractivity contribution in [3.8, 4) is 5.75 Å². The average Bonchev–Trinajstić information content (AvgIpc) is 3.20. The van der Waals surface area contributed by atoms with Crippen molar-refractivity contribution in [1.82, 2.24) is 10.2 Å². The smallest absolute Gasteiger partial charge is 0.312 e. The highest BCUT2D eigenvalue weighted by Crippen LogP contribution is 2.39. The summed E-state index contributed by atoms with van der Waals surface area (Å²) in [7, 11) is 0. The zero-order valence-electron chi connectivity index (χ0n) is 14.7. The lowest BCUT2D eigenvalue weighted by molar-refractivity contribution is -0.148. The maximum Gasteiger partial charge on any atom is 0.312 e. The van der Waals surface area contributed by atoms with Crippen LogP contribution in [0, 0.1) is 11.3 Å². The minimum atomic E-state index is -0.667. The molecule has 2 atom stereocenters. The van der Waals surface area contributed by atoms with Crippen molar-refractivity contribution < 1.29 is 14.6 Å². The predicted molar refractivity (Wildman–Crippen MR) is 98.9 cm³/mol. The Morgan fingerprint density at radius 1 is 1.15 bits per heavy atom. The fraction of sp³-hybridized carbons (Fsp3) is 0.381. The van der Waals surface area contributed by atoms with Gasteiger partial charge in [0.15, 0.2) is 0 Å². The first-order valence-corrected chi connectivity index (χ1v) is 9.08. The van der Waals surface area contributed by atoms with Gasteiger partial charge in [-0.25, -0.2) is 0 Å². The molecule has 136 valence electrons. The molecule has 5 heteroatoms. The molecule has 0 unspecified atom stereocenters. The molecule has 2 heterocycles. The fourth-order valence-corrected chi connectivity index (χ4v) is 4.14. The van der Waals surface area contributed by atoms with Crippen LogP contribution in [0.3, 0.4) is 0 Å². The topological polar surface area (TPSA) is 61.8 Å². The van der Waals surface area contributed by atoms with Crippen LogP contribution >= 0.6 is 0 Å². The van der Waals surface area contributed by atoms with Crippen LogP contribution in [0.4, 0.5) is 0 Å². The second kappa shape index (κ2) is 7.09. The van der Waals surface area contributed by atoms with Gasteiger partial charge >= 0.3 is 5.97 Å². The molecular weight excluding hydrogens is 328 g/mol. The average molecular weight is 352 g/mol. The summed E-state index contributed by atoms with van der Waals surface area (Å²) in [6.45, 7) is 4.18. The van der Waals surface area contributed by atoms with Crippen LogP contribution in [0.15, 0.2) is 54.6 Å². The third-order valence-electron chi connectivity index (χ3n) is 5.60. The second-order valence-electron chi connectivity index (χ2n) is 7.38. The van der Waals surface area contributed by atoms with Gasteiger partial charge < -0.3 is 15.2 Å². The Morgan fingerprint density at radius 3 is 2.62 bits per heavy atom. The van der Waals surface area contributed by atoms with Crippen molar-refractivity contribution in [3.63, 3.8) is 0 Å². The molecule has 0 bridgehead atoms. The van der Waals surface area contributed by atoms with Gasteiger partial charge in [0.05, 0.1) is 5.41 Å². The van der Waals surface area contributed by atoms with E-state index in [0.29, 0.717) is 19.7 Å². The van der Waals surface area contributed by atoms with Gasteiger partial charge in [-0.05, 0) is 23.3 Å². The molecule has 0 radical (unpaired) electrons. The number of ether oxygens (including phenoxy) is 1. The van der Waals surface area contributed by atoms with Crippen molar-refractivity contribution >= 4 is 5.97 Å². The van der Waals surface area contributed by atoms with Gasteiger partial charge in [0.2, 0.25) is 0 Å². The summed E-state index contributed by atoms with van der Waals surface area (Å²) in [6, 6.07) is 18.2. The van der Waals surface area contributed by atoms with Gasteiger partial charge in [-0.15, -0.1) is 0 Å². The first-order valence-electron chi connectivity index (χ1n) is 9.08. The first kappa shape index (κ1) is 17.1. The Kier molecular flexibility index (Phi) is 4.66. The highest BCUT2D eigenvalue weighted by molar-refractivity contribution is 5.77. The molecule has 2 N–H and O–H groups in total. The molecule has 0 spiro atoms. The maximum atomic E-state index is 11.8. The van der Waals surface area contributed by atoms with Crippen LogP contribution in [-0.2, 0) is 17.9 Å². The summed E-state index contributed by atoms with van der Waals surface area (Å²) >= 11 is 0. The number of aliphatic carboxylic acids is 1. The monoisotopic (exact) mass is 352 g/mol. The van der Waals surface area contributed by atoms with Gasteiger partial charge in [0.25, 0.3) is 0 Å². The van der Waals surface area contributed by atoms with E-state index in [2.05, 4.69) is 22.3 Å². The normalized spacial score (nSPS) is 25.2. The van der Waals surface area contributed by atoms with Crippen LogP contribution in [0.1, 0.15) is 11.1 Å². The SMILES string of the molecule is O=C(O)[C@]12CNC[C@H]1CN(Cc1ccc(OCc3ccccc3)cc1)C2. The van der Waals surface area contributed by atoms with Crippen LogP contribution in [0.25, 0.3) is 0 Å². The van der Waals surface area contributed by atoms with Crippen molar-refractivity contribution in [2.45, 2.75) is 13.2 Å². The molecule has 0 aromatic heterocycles. The van der Waals surface area contributed by atoms with Gasteiger partial charge in [-0.3, -0.25) is 9.69 Å². The van der Waals surface area contributed by atoms with Crippen molar-refractivity contribution in [2.24, 2.45) is 11.3 Å². The molecule has 26 heavy (non-hydrogen) atoms. The fourth-order valence-electron chi connectivity index (χ4n) is 4.14. The zero-order chi connectivity index (χ0) is 18.0. The number of nitrogens with zero attached hydrogens (tertiary/aromatic N) is 1. The van der Waals surface area contributed by atoms with Gasteiger partial charge in [-0.1, -0.05) is 42.5 Å². The molecule has 0 amide bonds. The second-order valence-corrected chi connectivity index (χ2v) is 7.38. The third-order valence-corrected chi connectivity index (χ3v) is 5.60. The highest BCUT2D eigenvalue weighted by atomic mass is 16.5. The number of fused-ring (bicyclic) bond motifs is 1. The van der Waals surface area contributed by atoms with Gasteiger partial charge in [0.1, 0.15) is 12.4 Å². The van der Waals surface area contributed by atoms with Crippen molar-refractivity contribution in [1.29, 1.82) is 0 Å². The van der Waals surface area contributed by atoms with E-state index in [9.17, 15) is 9.90 Å². The summed E-state index contributed by atoms with van der Waals surface area (Å²) < 4.78 is 5.83. The van der Waals surface area contributed by atoms with E-state index in [1.807, 2.05) is 42.5 Å². The zero-order valence-corrected chi connectivity index (χ0v) is 14.7. The maximum absolute atomic E-state index is 11.8. The van der Waals surface area contributed by atoms with Crippen LogP contribution in [0.5, 0.6) is 5.75 Å². The standard InChI is InChI=1S/C21H24N2O3/c24-20(25)21-14-22-10-18(21)12-23(15-21)11-16-6-8-19(9-7-16)26-13-17-4-2-1-3-5-17/h1-9,18,22H,10-15H2,(H,24,25)/t18-,21-/m0/s1. The molecule has 2 aromatic carbocycles. The molecular formula is C21H24N2O3. The summed E-state index contributed by atoms with van der Waals surface area (Å²) in [5.41, 5.74) is 1.72. The number of hydrogen-bond acceptors (Lipinski definition) is 4. The minimum Gasteiger partial charge on any atom is -0.489 e. The van der Waals surface area contributed by atoms with Crippen LogP contribution in [0.2, 0.25) is 0 Å². The van der Waals surface area contributed by atoms with E-state index >= 15 is 0 Å². The number of likely N-dealkylation sites (tertiary alicyclic amines) is 1. The third kappa shape index (κ3) is 3.32. The summed E-state index contributed by atoms with van der Waals surface area (Å²) in [4.78, 5) is 14.0. The molecule has 0 saturated carbocycles. The van der Waals surface area contributed by atoms with Gasteiger partial charge in [-0.2, -0.15) is 0 Å². The molecule has 2 aliphatic heterocycles. The molecule has 2 fully saturated rings. The van der Waals surface area contributed by atoms with Crippen LogP contribution < -0.4 is 10.1 Å². The van der Waals surface area contributed by atoms with E-state index < -0.39 is 11.4 Å². The highest BCUT2D eigenvalue weighted by Gasteiger charge is 2.54. The molecule has 2 aliphatic rings. The number of rotatable bonds is 6. The molecule has 2 saturated heterocycles. The summed E-state index contributed by atoms with van der Waals surface area (Å²) in [5, 5.41) is 12.9. The molecule has 0 aliphatic carbocycles. The summed E-state index contributed by atoms with van der Waals surface area (Å²) in [6.07, 6.45) is 0. The quantitative estimate of drug-likeness (QED) is 0.836. The van der Waals surface area contributed by atoms with Crippen LogP contribution in [-0.4, -0.2) is 42.2 Å². The molecule has 5 nitrogen and oxygen atoms in total. The van der Waals surface area contributed by atoms with E-state index in [1.165, 1.54) is 5.56 Å². The Hall–Kier alpha value is -2.37. The number of benzene rings is 2. The first-order chi connectivity index (χ1) is 12.7. The van der Waals surface area contributed by atoms with E-state index in [4.69, 9.17) is 4.74 Å². The molecule has 4 rings (SSSR count). The van der Waals surface area contributed by atoms with E-state index in [1.54, 1.807) is 0 Å². The lowest BCUT2D eigenvalue weighted by Crippen LogP contribution is -2.40. The largest absolute Gasteiger partial charge is 0.489 e. The van der Waals surface area contributed by atoms with E-state index in [-0.39, 0.29) is 5.92 Å².